The number of carbonyl (C=O) groups is 1. The molecule has 0 unspecified atom stereocenters. The van der Waals surface area contributed by atoms with E-state index in [1.54, 1.807) is 6.20 Å². The molecular formula is C24H28N6O2. The van der Waals surface area contributed by atoms with E-state index in [4.69, 9.17) is 4.52 Å². The maximum Gasteiger partial charge on any atom is 0.317 e. The third kappa shape index (κ3) is 4.74. The summed E-state index contributed by atoms with van der Waals surface area (Å²) in [7, 11) is 0. The molecule has 1 aromatic carbocycles. The van der Waals surface area contributed by atoms with Crippen LogP contribution in [0, 0.1) is 0 Å². The maximum absolute atomic E-state index is 12.7. The Labute approximate surface area is 187 Å². The van der Waals surface area contributed by atoms with Crippen molar-refractivity contribution in [3.63, 3.8) is 0 Å². The van der Waals surface area contributed by atoms with Gasteiger partial charge in [-0.15, -0.1) is 0 Å². The molecule has 1 aliphatic carbocycles. The van der Waals surface area contributed by atoms with E-state index in [9.17, 15) is 4.79 Å². The predicted octanol–water partition coefficient (Wildman–Crippen LogP) is 3.47. The zero-order chi connectivity index (χ0) is 21.8. The first kappa shape index (κ1) is 20.5. The van der Waals surface area contributed by atoms with E-state index in [2.05, 4.69) is 37.5 Å². The smallest absolute Gasteiger partial charge is 0.317 e. The molecule has 2 aliphatic rings. The maximum atomic E-state index is 12.7. The summed E-state index contributed by atoms with van der Waals surface area (Å²) in [5, 5.41) is 7.21. The molecule has 1 saturated carbocycles. The first-order chi connectivity index (χ1) is 15.8. The zero-order valence-electron chi connectivity index (χ0n) is 18.1. The average Bonchev–Trinajstić information content (AvgIpc) is 3.62. The molecule has 1 aliphatic heterocycles. The first-order valence-electron chi connectivity index (χ1n) is 11.4. The fourth-order valence-corrected chi connectivity index (χ4v) is 4.07. The summed E-state index contributed by atoms with van der Waals surface area (Å²) in [6, 6.07) is 14.1. The van der Waals surface area contributed by atoms with Crippen LogP contribution in [0.15, 0.2) is 53.2 Å². The predicted molar refractivity (Wildman–Crippen MR) is 121 cm³/mol. The molecule has 166 valence electrons. The lowest BCUT2D eigenvalue weighted by atomic mass is 10.1. The van der Waals surface area contributed by atoms with Crippen molar-refractivity contribution in [2.24, 2.45) is 0 Å². The largest absolute Gasteiger partial charge is 0.354 e. The van der Waals surface area contributed by atoms with E-state index < -0.39 is 0 Å². The summed E-state index contributed by atoms with van der Waals surface area (Å²) in [4.78, 5) is 26.0. The molecule has 5 rings (SSSR count). The zero-order valence-corrected chi connectivity index (χ0v) is 18.1. The SMILES string of the molecule is O=C(NCCc1ccccc1)N1CCCN(c2ncccc2-c2nc(C3CC3)no2)CC1. The fourth-order valence-electron chi connectivity index (χ4n) is 4.07. The summed E-state index contributed by atoms with van der Waals surface area (Å²) < 4.78 is 5.55. The highest BCUT2D eigenvalue weighted by Gasteiger charge is 2.30. The van der Waals surface area contributed by atoms with Crippen molar-refractivity contribution in [1.29, 1.82) is 0 Å². The number of hydrogen-bond donors (Lipinski definition) is 1. The molecule has 2 fully saturated rings. The van der Waals surface area contributed by atoms with Gasteiger partial charge in [-0.05, 0) is 43.4 Å². The quantitative estimate of drug-likeness (QED) is 0.642. The topological polar surface area (TPSA) is 87.4 Å². The summed E-state index contributed by atoms with van der Waals surface area (Å²) in [5.74, 6) is 2.60. The normalized spacial score (nSPS) is 16.6. The minimum atomic E-state index is -0.00463. The van der Waals surface area contributed by atoms with Gasteiger partial charge in [-0.3, -0.25) is 0 Å². The Morgan fingerprint density at radius 3 is 2.78 bits per heavy atom. The van der Waals surface area contributed by atoms with Crippen LogP contribution in [0.2, 0.25) is 0 Å². The number of anilines is 1. The Bertz CT molecular complexity index is 1050. The number of nitrogens with one attached hydrogen (secondary N) is 1. The standard InChI is InChI=1S/C24H28N6O2/c31-24(26-13-11-18-6-2-1-3-7-18)30-15-5-14-29(16-17-30)22-20(8-4-12-25-22)23-27-21(28-32-23)19-9-10-19/h1-4,6-8,12,19H,5,9-11,13-17H2,(H,26,31). The van der Waals surface area contributed by atoms with Crippen LogP contribution in [0.4, 0.5) is 10.6 Å². The summed E-state index contributed by atoms with van der Waals surface area (Å²) in [6.07, 6.45) is 5.76. The lowest BCUT2D eigenvalue weighted by Crippen LogP contribution is -2.42. The molecule has 2 aromatic heterocycles. The second-order valence-corrected chi connectivity index (χ2v) is 8.40. The van der Waals surface area contributed by atoms with Crippen molar-refractivity contribution in [2.45, 2.75) is 31.6 Å². The van der Waals surface area contributed by atoms with Crippen molar-refractivity contribution >= 4 is 11.8 Å². The number of hydrogen-bond acceptors (Lipinski definition) is 6. The van der Waals surface area contributed by atoms with Crippen molar-refractivity contribution in [3.05, 3.63) is 60.0 Å². The minimum Gasteiger partial charge on any atom is -0.354 e. The van der Waals surface area contributed by atoms with Crippen molar-refractivity contribution in [3.8, 4) is 11.5 Å². The molecule has 1 saturated heterocycles. The highest BCUT2D eigenvalue weighted by Crippen LogP contribution is 2.39. The van der Waals surface area contributed by atoms with E-state index >= 15 is 0 Å². The van der Waals surface area contributed by atoms with Crippen LogP contribution >= 0.6 is 0 Å². The van der Waals surface area contributed by atoms with Crippen molar-refractivity contribution in [1.82, 2.24) is 25.3 Å². The van der Waals surface area contributed by atoms with Gasteiger partial charge >= 0.3 is 6.03 Å². The van der Waals surface area contributed by atoms with E-state index in [1.807, 2.05) is 35.2 Å². The summed E-state index contributed by atoms with van der Waals surface area (Å²) in [6.45, 7) is 3.53. The Morgan fingerprint density at radius 2 is 1.94 bits per heavy atom. The van der Waals surface area contributed by atoms with Gasteiger partial charge in [0.05, 0.1) is 5.56 Å². The van der Waals surface area contributed by atoms with Crippen LogP contribution < -0.4 is 10.2 Å². The number of pyridine rings is 1. The van der Waals surface area contributed by atoms with Gasteiger partial charge in [-0.1, -0.05) is 35.5 Å². The molecule has 3 aromatic rings. The molecule has 0 bridgehead atoms. The Hall–Kier alpha value is -3.42. The molecule has 3 heterocycles. The molecule has 0 atom stereocenters. The van der Waals surface area contributed by atoms with Gasteiger partial charge in [0.1, 0.15) is 5.82 Å². The Morgan fingerprint density at radius 1 is 1.06 bits per heavy atom. The summed E-state index contributed by atoms with van der Waals surface area (Å²) >= 11 is 0. The van der Waals surface area contributed by atoms with Crippen LogP contribution in [0.5, 0.6) is 0 Å². The van der Waals surface area contributed by atoms with Gasteiger partial charge in [0.2, 0.25) is 0 Å². The Kier molecular flexibility index (Phi) is 6.00. The van der Waals surface area contributed by atoms with Gasteiger partial charge in [-0.25, -0.2) is 9.78 Å². The van der Waals surface area contributed by atoms with Crippen LogP contribution in [-0.4, -0.2) is 58.8 Å². The van der Waals surface area contributed by atoms with Crippen LogP contribution in [0.25, 0.3) is 11.5 Å². The van der Waals surface area contributed by atoms with E-state index in [-0.39, 0.29) is 6.03 Å². The van der Waals surface area contributed by atoms with Crippen LogP contribution in [0.1, 0.15) is 36.6 Å². The van der Waals surface area contributed by atoms with Crippen molar-refractivity contribution < 1.29 is 9.32 Å². The molecular weight excluding hydrogens is 404 g/mol. The number of amides is 2. The third-order valence-corrected chi connectivity index (χ3v) is 6.02. The Balaban J connectivity index is 1.20. The number of benzene rings is 1. The van der Waals surface area contributed by atoms with Crippen LogP contribution in [0.3, 0.4) is 0 Å². The first-order valence-corrected chi connectivity index (χ1v) is 11.4. The number of nitrogens with zero attached hydrogens (tertiary/aromatic N) is 5. The van der Waals surface area contributed by atoms with Crippen molar-refractivity contribution in [2.75, 3.05) is 37.6 Å². The highest BCUT2D eigenvalue weighted by molar-refractivity contribution is 5.74. The molecule has 0 radical (unpaired) electrons. The van der Waals surface area contributed by atoms with E-state index in [0.717, 1.165) is 56.0 Å². The molecule has 2 amide bonds. The van der Waals surface area contributed by atoms with E-state index in [0.29, 0.717) is 31.4 Å². The van der Waals surface area contributed by atoms with Gasteiger partial charge in [0.15, 0.2) is 5.82 Å². The molecule has 0 spiro atoms. The van der Waals surface area contributed by atoms with E-state index in [1.165, 1.54) is 5.56 Å². The number of rotatable bonds is 6. The second kappa shape index (κ2) is 9.38. The molecule has 1 N–H and O–H groups in total. The number of aromatic nitrogens is 3. The number of urea groups is 1. The van der Waals surface area contributed by atoms with Gasteiger partial charge in [-0.2, -0.15) is 4.98 Å². The van der Waals surface area contributed by atoms with Gasteiger partial charge in [0, 0.05) is 44.8 Å². The number of carbonyl (C=O) groups excluding carboxylic acids is 1. The summed E-state index contributed by atoms with van der Waals surface area (Å²) in [5.41, 5.74) is 2.08. The lowest BCUT2D eigenvalue weighted by molar-refractivity contribution is 0.201. The minimum absolute atomic E-state index is 0.00463. The van der Waals surface area contributed by atoms with Gasteiger partial charge in [0.25, 0.3) is 5.89 Å². The third-order valence-electron chi connectivity index (χ3n) is 6.02. The monoisotopic (exact) mass is 432 g/mol. The highest BCUT2D eigenvalue weighted by atomic mass is 16.5. The molecule has 8 heteroatoms. The second-order valence-electron chi connectivity index (χ2n) is 8.40. The molecule has 32 heavy (non-hydrogen) atoms. The lowest BCUT2D eigenvalue weighted by Gasteiger charge is -2.24. The molecule has 8 nitrogen and oxygen atoms in total. The van der Waals surface area contributed by atoms with Gasteiger partial charge < -0.3 is 19.6 Å². The van der Waals surface area contributed by atoms with Crippen LogP contribution in [-0.2, 0) is 6.42 Å². The average molecular weight is 433 g/mol. The fraction of sp³-hybridized carbons (Fsp3) is 0.417.